The molecule has 1 saturated carbocycles. The molecule has 0 amide bonds. The minimum atomic E-state index is 0.338. The lowest BCUT2D eigenvalue weighted by molar-refractivity contribution is 0.220. The van der Waals surface area contributed by atoms with Gasteiger partial charge in [0.05, 0.1) is 22.2 Å². The molecule has 9 heteroatoms. The van der Waals surface area contributed by atoms with Crippen molar-refractivity contribution in [2.75, 3.05) is 23.7 Å². The maximum absolute atomic E-state index is 6.38. The lowest BCUT2D eigenvalue weighted by Gasteiger charge is -2.39. The molecule has 0 aromatic carbocycles. The first-order chi connectivity index (χ1) is 16.6. The Bertz CT molecular complexity index is 1430. The fourth-order valence-electron chi connectivity index (χ4n) is 6.05. The van der Waals surface area contributed by atoms with Crippen LogP contribution in [0.2, 0.25) is 5.02 Å². The maximum atomic E-state index is 6.38. The van der Waals surface area contributed by atoms with Crippen LogP contribution in [0.1, 0.15) is 25.7 Å². The third kappa shape index (κ3) is 3.11. The first kappa shape index (κ1) is 20.5. The number of nitrogen functional groups attached to an aromatic ring is 1. The highest BCUT2D eigenvalue weighted by Gasteiger charge is 2.46. The Morgan fingerprint density at radius 2 is 1.97 bits per heavy atom. The molecule has 1 saturated heterocycles. The molecular weight excluding hydrogens is 466 g/mol. The van der Waals surface area contributed by atoms with Crippen LogP contribution in [0.15, 0.2) is 57.5 Å². The number of aliphatic imine (C=N–C) groups is 1. The van der Waals surface area contributed by atoms with E-state index in [-0.39, 0.29) is 0 Å². The van der Waals surface area contributed by atoms with Gasteiger partial charge in [0.15, 0.2) is 11.5 Å². The summed E-state index contributed by atoms with van der Waals surface area (Å²) in [7, 11) is 0. The van der Waals surface area contributed by atoms with Gasteiger partial charge < -0.3 is 10.6 Å². The van der Waals surface area contributed by atoms with Crippen LogP contribution in [0.5, 0.6) is 0 Å². The first-order valence-corrected chi connectivity index (χ1v) is 12.9. The van der Waals surface area contributed by atoms with E-state index >= 15 is 0 Å². The number of nitrogens with two attached hydrogens (primary N) is 1. The zero-order chi connectivity index (χ0) is 22.9. The Labute approximate surface area is 206 Å². The summed E-state index contributed by atoms with van der Waals surface area (Å²) >= 11 is 7.93. The van der Waals surface area contributed by atoms with Crippen molar-refractivity contribution in [3.63, 3.8) is 0 Å². The monoisotopic (exact) mass is 489 g/mol. The van der Waals surface area contributed by atoms with E-state index in [0.717, 1.165) is 45.5 Å². The van der Waals surface area contributed by atoms with Gasteiger partial charge in [-0.25, -0.2) is 15.0 Å². The Morgan fingerprint density at radius 1 is 1.09 bits per heavy atom. The molecule has 34 heavy (non-hydrogen) atoms. The summed E-state index contributed by atoms with van der Waals surface area (Å²) in [4.78, 5) is 22.9. The highest BCUT2D eigenvalue weighted by atomic mass is 35.5. The van der Waals surface area contributed by atoms with Crippen molar-refractivity contribution in [3.8, 4) is 0 Å². The summed E-state index contributed by atoms with van der Waals surface area (Å²) in [5.74, 6) is 2.00. The highest BCUT2D eigenvalue weighted by molar-refractivity contribution is 7.99. The van der Waals surface area contributed by atoms with E-state index in [1.165, 1.54) is 25.7 Å². The van der Waals surface area contributed by atoms with E-state index in [9.17, 15) is 0 Å². The Morgan fingerprint density at radius 3 is 2.82 bits per heavy atom. The zero-order valence-electron chi connectivity index (χ0n) is 18.6. The molecule has 1 aliphatic carbocycles. The molecule has 2 atom stereocenters. The largest absolute Gasteiger partial charge is 0.382 e. The van der Waals surface area contributed by atoms with Gasteiger partial charge in [0.25, 0.3) is 0 Å². The highest BCUT2D eigenvalue weighted by Crippen LogP contribution is 2.51. The number of allylic oxidation sites excluding steroid dienone is 1. The van der Waals surface area contributed by atoms with Crippen LogP contribution in [-0.4, -0.2) is 44.7 Å². The lowest BCUT2D eigenvalue weighted by Crippen LogP contribution is -2.39. The minimum Gasteiger partial charge on any atom is -0.382 e. The van der Waals surface area contributed by atoms with E-state index in [0.29, 0.717) is 28.2 Å². The van der Waals surface area contributed by atoms with E-state index in [1.807, 2.05) is 18.5 Å². The van der Waals surface area contributed by atoms with Crippen molar-refractivity contribution >= 4 is 58.0 Å². The summed E-state index contributed by atoms with van der Waals surface area (Å²) in [5, 5.41) is 0.475. The molecule has 1 spiro atoms. The Hall–Kier alpha value is -2.84. The fourth-order valence-corrected chi connectivity index (χ4v) is 7.21. The lowest BCUT2D eigenvalue weighted by atomic mass is 9.76. The molecule has 4 aromatic rings. The number of dihydropyridines is 1. The molecule has 172 valence electrons. The molecule has 6 heterocycles. The second kappa shape index (κ2) is 7.58. The van der Waals surface area contributed by atoms with Crippen LogP contribution < -0.4 is 10.6 Å². The summed E-state index contributed by atoms with van der Waals surface area (Å²) < 4.78 is 2.16. The molecule has 2 N–H and O–H groups in total. The summed E-state index contributed by atoms with van der Waals surface area (Å²) in [6, 6.07) is 6.48. The van der Waals surface area contributed by atoms with Gasteiger partial charge in [0.1, 0.15) is 17.0 Å². The minimum absolute atomic E-state index is 0.338. The average Bonchev–Trinajstić information content (AvgIpc) is 3.54. The molecule has 4 aromatic heterocycles. The van der Waals surface area contributed by atoms with Crippen LogP contribution in [0, 0.1) is 11.3 Å². The van der Waals surface area contributed by atoms with Crippen molar-refractivity contribution in [1.82, 2.24) is 19.4 Å². The molecule has 2 fully saturated rings. The van der Waals surface area contributed by atoms with Crippen molar-refractivity contribution in [2.45, 2.75) is 41.5 Å². The molecule has 7 nitrogen and oxygen atoms in total. The van der Waals surface area contributed by atoms with Gasteiger partial charge in [-0.2, -0.15) is 0 Å². The summed E-state index contributed by atoms with van der Waals surface area (Å²) in [5.41, 5.74) is 9.20. The zero-order valence-corrected chi connectivity index (χ0v) is 20.1. The van der Waals surface area contributed by atoms with Gasteiger partial charge in [-0.15, -0.1) is 0 Å². The maximum Gasteiger partial charge on any atom is 0.157 e. The normalized spacial score (nSPS) is 23.5. The van der Waals surface area contributed by atoms with Crippen LogP contribution in [0.25, 0.3) is 16.8 Å². The van der Waals surface area contributed by atoms with Crippen molar-refractivity contribution in [1.29, 1.82) is 0 Å². The number of nitrogens with zero attached hydrogens (tertiary/aromatic N) is 6. The van der Waals surface area contributed by atoms with E-state index in [2.05, 4.69) is 38.6 Å². The third-order valence-corrected chi connectivity index (χ3v) is 9.40. The molecule has 0 bridgehead atoms. The SMILES string of the molecule is Nc1nccc(Sc2ccc3nc(N4CCC5(CC4)CC4C=CC=NC4C5)c4cnc2n34)c1Cl. The van der Waals surface area contributed by atoms with Gasteiger partial charge >= 0.3 is 0 Å². The van der Waals surface area contributed by atoms with Crippen LogP contribution in [0.4, 0.5) is 11.6 Å². The number of rotatable bonds is 3. The number of piperidine rings is 1. The number of halogens is 1. The average molecular weight is 490 g/mol. The predicted octanol–water partition coefficient (Wildman–Crippen LogP) is 5.11. The van der Waals surface area contributed by atoms with E-state index in [4.69, 9.17) is 32.3 Å². The van der Waals surface area contributed by atoms with Crippen molar-refractivity contribution < 1.29 is 0 Å². The second-order valence-electron chi connectivity index (χ2n) is 9.71. The van der Waals surface area contributed by atoms with Gasteiger partial charge in [0, 0.05) is 36.3 Å². The van der Waals surface area contributed by atoms with Gasteiger partial charge in [-0.05, 0) is 55.4 Å². The number of imidazole rings is 2. The molecule has 2 aliphatic heterocycles. The second-order valence-corrected chi connectivity index (χ2v) is 11.2. The van der Waals surface area contributed by atoms with Crippen molar-refractivity contribution in [3.05, 3.63) is 47.8 Å². The van der Waals surface area contributed by atoms with Gasteiger partial charge in [0.2, 0.25) is 0 Å². The molecule has 2 unspecified atom stereocenters. The number of fused-ring (bicyclic) bond motifs is 1. The van der Waals surface area contributed by atoms with Crippen LogP contribution >= 0.6 is 23.4 Å². The number of anilines is 2. The van der Waals surface area contributed by atoms with Crippen LogP contribution in [0.3, 0.4) is 0 Å². The molecular formula is C25H24ClN7S. The summed E-state index contributed by atoms with van der Waals surface area (Å²) in [6.07, 6.45) is 15.0. The standard InChI is InChI=1S/C25H24ClN7S/c26-21-18(5-9-29-22(21)27)34-19-3-4-20-31-23(17-14-30-24(19)33(17)20)32-10-6-25(7-11-32)12-15-2-1-8-28-16(15)13-25/h1-5,8-9,14-16H,6-7,10-13H2,(H2,27,29). The summed E-state index contributed by atoms with van der Waals surface area (Å²) in [6.45, 7) is 2.06. The number of hydrogen-bond donors (Lipinski definition) is 1. The predicted molar refractivity (Wildman–Crippen MR) is 137 cm³/mol. The first-order valence-electron chi connectivity index (χ1n) is 11.7. The number of aromatic nitrogens is 4. The smallest absolute Gasteiger partial charge is 0.157 e. The van der Waals surface area contributed by atoms with Crippen molar-refractivity contribution in [2.24, 2.45) is 16.3 Å². The molecule has 0 radical (unpaired) electrons. The third-order valence-electron chi connectivity index (χ3n) is 7.80. The van der Waals surface area contributed by atoms with Gasteiger partial charge in [-0.3, -0.25) is 9.39 Å². The quantitative estimate of drug-likeness (QED) is 0.430. The Balaban J connectivity index is 1.16. The topological polar surface area (TPSA) is 84.7 Å². The molecule has 7 rings (SSSR count). The fraction of sp³-hybridized carbons (Fsp3) is 0.360. The van der Waals surface area contributed by atoms with E-state index < -0.39 is 0 Å². The molecule has 3 aliphatic rings. The number of hydrogen-bond acceptors (Lipinski definition) is 7. The van der Waals surface area contributed by atoms with E-state index in [1.54, 1.807) is 18.0 Å². The van der Waals surface area contributed by atoms with Crippen LogP contribution in [-0.2, 0) is 0 Å². The number of pyridine rings is 2. The Kier molecular flexibility index (Phi) is 4.58. The van der Waals surface area contributed by atoms with Gasteiger partial charge in [-0.1, -0.05) is 29.4 Å².